The van der Waals surface area contributed by atoms with Gasteiger partial charge in [0.05, 0.1) is 0 Å². The lowest BCUT2D eigenvalue weighted by atomic mass is 10.0. The minimum absolute atomic E-state index is 0.705. The lowest BCUT2D eigenvalue weighted by molar-refractivity contribution is 0.332. The molecule has 0 atom stereocenters. The van der Waals surface area contributed by atoms with Crippen molar-refractivity contribution in [3.63, 3.8) is 0 Å². The molecule has 1 aromatic rings. The van der Waals surface area contributed by atoms with Crippen molar-refractivity contribution in [2.45, 2.75) is 13.3 Å². The molecule has 0 unspecified atom stereocenters. The largest absolute Gasteiger partial charge is 0.411 e. The maximum Gasteiger partial charge on any atom is 0.149 e. The molecule has 1 aromatic carbocycles. The van der Waals surface area contributed by atoms with Gasteiger partial charge in [-0.2, -0.15) is 5.90 Å². The van der Waals surface area contributed by atoms with E-state index < -0.39 is 0 Å². The van der Waals surface area contributed by atoms with Crippen LogP contribution in [0.25, 0.3) is 0 Å². The Morgan fingerprint density at radius 2 is 2.19 bits per heavy atom. The zero-order valence-electron chi connectivity index (χ0n) is 9.57. The third-order valence-corrected chi connectivity index (χ3v) is 2.37. The zero-order valence-corrected chi connectivity index (χ0v) is 9.57. The normalized spacial score (nSPS) is 11.0. The van der Waals surface area contributed by atoms with Gasteiger partial charge in [-0.15, -0.1) is 0 Å². The molecule has 0 aromatic heterocycles. The summed E-state index contributed by atoms with van der Waals surface area (Å²) < 4.78 is 0. The maximum absolute atomic E-state index is 5.14. The van der Waals surface area contributed by atoms with Crippen molar-refractivity contribution in [3.8, 4) is 5.75 Å². The number of nitrogens with two attached hydrogens (primary N) is 1. The lowest BCUT2D eigenvalue weighted by Gasteiger charge is -2.07. The van der Waals surface area contributed by atoms with Crippen molar-refractivity contribution in [1.29, 1.82) is 0 Å². The van der Waals surface area contributed by atoms with Crippen LogP contribution in [0.1, 0.15) is 11.1 Å². The van der Waals surface area contributed by atoms with E-state index in [9.17, 15) is 0 Å². The Kier molecular flexibility index (Phi) is 4.55. The van der Waals surface area contributed by atoms with Crippen molar-refractivity contribution >= 4 is 0 Å². The number of hydrogen-bond acceptors (Lipinski definition) is 2. The van der Waals surface area contributed by atoms with Crippen LogP contribution in [0.5, 0.6) is 5.75 Å². The number of benzene rings is 1. The summed E-state index contributed by atoms with van der Waals surface area (Å²) in [7, 11) is 0. The zero-order chi connectivity index (χ0) is 12.0. The van der Waals surface area contributed by atoms with Crippen molar-refractivity contribution < 1.29 is 4.84 Å². The van der Waals surface area contributed by atoms with Gasteiger partial charge in [-0.25, -0.2) is 0 Å². The van der Waals surface area contributed by atoms with Crippen molar-refractivity contribution in [3.05, 3.63) is 66.3 Å². The first-order valence-corrected chi connectivity index (χ1v) is 5.11. The topological polar surface area (TPSA) is 35.2 Å². The summed E-state index contributed by atoms with van der Waals surface area (Å²) in [4.78, 5) is 4.73. The minimum Gasteiger partial charge on any atom is -0.411 e. The van der Waals surface area contributed by atoms with Crippen LogP contribution in [0.2, 0.25) is 0 Å². The molecule has 0 radical (unpaired) electrons. The molecule has 0 aliphatic rings. The Morgan fingerprint density at radius 3 is 2.69 bits per heavy atom. The molecule has 0 amide bonds. The van der Waals surface area contributed by atoms with Gasteiger partial charge in [0.2, 0.25) is 0 Å². The Balaban J connectivity index is 2.90. The van der Waals surface area contributed by atoms with Crippen molar-refractivity contribution in [1.82, 2.24) is 0 Å². The number of hydrogen-bond donors (Lipinski definition) is 1. The van der Waals surface area contributed by atoms with Crippen LogP contribution in [0, 0.1) is 6.92 Å². The fourth-order valence-electron chi connectivity index (χ4n) is 1.54. The SMILES string of the molecule is C=C/C=C(\C=C)Cc1ccc(ON)c(C)c1. The average molecular weight is 215 g/mol. The predicted molar refractivity (Wildman–Crippen MR) is 68.2 cm³/mol. The van der Waals surface area contributed by atoms with E-state index in [4.69, 9.17) is 10.7 Å². The van der Waals surface area contributed by atoms with Crippen LogP contribution in [0.15, 0.2) is 55.2 Å². The summed E-state index contributed by atoms with van der Waals surface area (Å²) in [5, 5.41) is 0. The van der Waals surface area contributed by atoms with Gasteiger partial charge in [-0.3, -0.25) is 0 Å². The van der Waals surface area contributed by atoms with Crippen LogP contribution >= 0.6 is 0 Å². The Labute approximate surface area is 96.7 Å². The van der Waals surface area contributed by atoms with Crippen LogP contribution in [0.3, 0.4) is 0 Å². The van der Waals surface area contributed by atoms with E-state index in [0.717, 1.165) is 17.6 Å². The van der Waals surface area contributed by atoms with Gasteiger partial charge >= 0.3 is 0 Å². The number of allylic oxidation sites excluding steroid dienone is 4. The Morgan fingerprint density at radius 1 is 1.44 bits per heavy atom. The smallest absolute Gasteiger partial charge is 0.149 e. The molecule has 0 spiro atoms. The van der Waals surface area contributed by atoms with Gasteiger partial charge in [0.1, 0.15) is 5.75 Å². The van der Waals surface area contributed by atoms with E-state index in [-0.39, 0.29) is 0 Å². The molecular weight excluding hydrogens is 198 g/mol. The van der Waals surface area contributed by atoms with Gasteiger partial charge < -0.3 is 4.84 Å². The molecule has 2 N–H and O–H groups in total. The van der Waals surface area contributed by atoms with Gasteiger partial charge in [0, 0.05) is 0 Å². The van der Waals surface area contributed by atoms with E-state index in [1.807, 2.05) is 31.2 Å². The highest BCUT2D eigenvalue weighted by atomic mass is 16.6. The van der Waals surface area contributed by atoms with Gasteiger partial charge in [0.15, 0.2) is 0 Å². The second-order valence-electron chi connectivity index (χ2n) is 3.58. The maximum atomic E-state index is 5.14. The number of rotatable bonds is 5. The molecule has 16 heavy (non-hydrogen) atoms. The molecule has 2 nitrogen and oxygen atoms in total. The molecule has 0 fully saturated rings. The highest BCUT2D eigenvalue weighted by Gasteiger charge is 2.01. The summed E-state index contributed by atoms with van der Waals surface area (Å²) in [6.45, 7) is 9.41. The van der Waals surface area contributed by atoms with Crippen LogP contribution in [-0.2, 0) is 6.42 Å². The first-order chi connectivity index (χ1) is 7.71. The molecule has 0 heterocycles. The monoisotopic (exact) mass is 215 g/mol. The lowest BCUT2D eigenvalue weighted by Crippen LogP contribution is -2.03. The summed E-state index contributed by atoms with van der Waals surface area (Å²) in [6, 6.07) is 5.93. The molecule has 0 aliphatic carbocycles. The third-order valence-electron chi connectivity index (χ3n) is 2.37. The third kappa shape index (κ3) is 3.11. The van der Waals surface area contributed by atoms with Crippen LogP contribution in [-0.4, -0.2) is 0 Å². The summed E-state index contributed by atoms with van der Waals surface area (Å²) >= 11 is 0. The fraction of sp³-hybridized carbons (Fsp3) is 0.143. The molecule has 2 heteroatoms. The molecule has 84 valence electrons. The predicted octanol–water partition coefficient (Wildman–Crippen LogP) is 3.09. The molecule has 0 saturated carbocycles. The highest BCUT2D eigenvalue weighted by Crippen LogP contribution is 2.19. The van der Waals surface area contributed by atoms with Gasteiger partial charge in [-0.05, 0) is 36.1 Å². The second kappa shape index (κ2) is 5.93. The van der Waals surface area contributed by atoms with Crippen molar-refractivity contribution in [2.75, 3.05) is 0 Å². The Bertz CT molecular complexity index is 419. The summed E-state index contributed by atoms with van der Waals surface area (Å²) in [6.07, 6.45) is 6.39. The van der Waals surface area contributed by atoms with E-state index in [2.05, 4.69) is 19.2 Å². The molecule has 0 bridgehead atoms. The highest BCUT2D eigenvalue weighted by molar-refractivity contribution is 5.39. The van der Waals surface area contributed by atoms with E-state index in [1.165, 1.54) is 5.56 Å². The average Bonchev–Trinajstić information content (AvgIpc) is 2.28. The van der Waals surface area contributed by atoms with E-state index in [0.29, 0.717) is 5.75 Å². The number of aryl methyl sites for hydroxylation is 1. The van der Waals surface area contributed by atoms with Crippen molar-refractivity contribution in [2.24, 2.45) is 5.90 Å². The second-order valence-corrected chi connectivity index (χ2v) is 3.58. The fourth-order valence-corrected chi connectivity index (χ4v) is 1.54. The first-order valence-electron chi connectivity index (χ1n) is 5.11. The molecule has 0 saturated heterocycles. The standard InChI is InChI=1S/C14H17NO/c1-4-6-12(5-2)10-13-7-8-14(16-15)11(3)9-13/h4-9H,1-2,10,15H2,3H3/b12-6+. The Hall–Kier alpha value is -1.80. The molecule has 1 rings (SSSR count). The van der Waals surface area contributed by atoms with Crippen LogP contribution in [0.4, 0.5) is 0 Å². The van der Waals surface area contributed by atoms with E-state index >= 15 is 0 Å². The van der Waals surface area contributed by atoms with Gasteiger partial charge in [-0.1, -0.05) is 43.5 Å². The minimum atomic E-state index is 0.705. The van der Waals surface area contributed by atoms with Crippen LogP contribution < -0.4 is 10.7 Å². The quantitative estimate of drug-likeness (QED) is 0.605. The van der Waals surface area contributed by atoms with E-state index in [1.54, 1.807) is 6.08 Å². The summed E-state index contributed by atoms with van der Waals surface area (Å²) in [5.41, 5.74) is 3.36. The first kappa shape index (κ1) is 12.3. The molecule has 0 aliphatic heterocycles. The molecular formula is C14H17NO. The summed E-state index contributed by atoms with van der Waals surface area (Å²) in [5.74, 6) is 5.84. The van der Waals surface area contributed by atoms with Gasteiger partial charge in [0.25, 0.3) is 0 Å².